The fourth-order valence-electron chi connectivity index (χ4n) is 2.94. The fraction of sp³-hybridized carbons (Fsp3) is 0.462. The molecule has 0 amide bonds. The Kier molecular flexibility index (Phi) is 1.57. The van der Waals surface area contributed by atoms with Crippen molar-refractivity contribution in [3.05, 3.63) is 30.1 Å². The van der Waals surface area contributed by atoms with Crippen LogP contribution in [0.15, 0.2) is 24.3 Å². The molecule has 1 aliphatic rings. The summed E-state index contributed by atoms with van der Waals surface area (Å²) >= 11 is 0. The van der Waals surface area contributed by atoms with E-state index >= 15 is 0 Å². The molecule has 0 bridgehead atoms. The van der Waals surface area contributed by atoms with Crippen LogP contribution in [0.25, 0.3) is 11.0 Å². The standard InChI is InChI=1S/C13H16N2/c1-9-8-13(2,3)15-11-7-5-4-6-10(11)14-12(9)15/h4-7,9H,8H2,1-3H3. The van der Waals surface area contributed by atoms with Crippen molar-refractivity contribution < 1.29 is 0 Å². The molecule has 1 atom stereocenters. The van der Waals surface area contributed by atoms with Crippen LogP contribution in [0.3, 0.4) is 0 Å². The zero-order valence-corrected chi connectivity index (χ0v) is 9.49. The Labute approximate surface area is 89.9 Å². The summed E-state index contributed by atoms with van der Waals surface area (Å²) in [5.74, 6) is 1.83. The Morgan fingerprint density at radius 3 is 2.87 bits per heavy atom. The quantitative estimate of drug-likeness (QED) is 0.638. The van der Waals surface area contributed by atoms with Crippen molar-refractivity contribution in [3.63, 3.8) is 0 Å². The molecule has 1 aromatic carbocycles. The summed E-state index contributed by atoms with van der Waals surface area (Å²) in [4.78, 5) is 4.73. The van der Waals surface area contributed by atoms with Crippen LogP contribution in [0.2, 0.25) is 0 Å². The van der Waals surface area contributed by atoms with Gasteiger partial charge in [-0.3, -0.25) is 0 Å². The number of rotatable bonds is 0. The molecule has 1 aliphatic heterocycles. The summed E-state index contributed by atoms with van der Waals surface area (Å²) in [7, 11) is 0. The van der Waals surface area contributed by atoms with Crippen molar-refractivity contribution in [1.29, 1.82) is 0 Å². The van der Waals surface area contributed by atoms with Gasteiger partial charge < -0.3 is 4.57 Å². The molecule has 78 valence electrons. The van der Waals surface area contributed by atoms with Crippen LogP contribution in [0, 0.1) is 0 Å². The van der Waals surface area contributed by atoms with E-state index in [-0.39, 0.29) is 5.54 Å². The summed E-state index contributed by atoms with van der Waals surface area (Å²) in [5, 5.41) is 0. The number of fused-ring (bicyclic) bond motifs is 3. The van der Waals surface area contributed by atoms with Crippen molar-refractivity contribution in [2.75, 3.05) is 0 Å². The molecule has 1 aromatic heterocycles. The number of para-hydroxylation sites is 2. The number of aromatic nitrogens is 2. The number of benzene rings is 1. The molecule has 0 aliphatic carbocycles. The van der Waals surface area contributed by atoms with E-state index in [0.717, 1.165) is 5.52 Å². The Morgan fingerprint density at radius 2 is 2.07 bits per heavy atom. The molecular weight excluding hydrogens is 184 g/mol. The Bertz CT molecular complexity index is 522. The van der Waals surface area contributed by atoms with Crippen LogP contribution in [0.1, 0.15) is 38.9 Å². The van der Waals surface area contributed by atoms with Gasteiger partial charge in [0.2, 0.25) is 0 Å². The Balaban J connectivity index is 2.40. The predicted molar refractivity (Wildman–Crippen MR) is 62.1 cm³/mol. The topological polar surface area (TPSA) is 17.8 Å². The van der Waals surface area contributed by atoms with E-state index in [4.69, 9.17) is 4.98 Å². The highest BCUT2D eigenvalue weighted by atomic mass is 15.2. The molecule has 2 heteroatoms. The van der Waals surface area contributed by atoms with Crippen LogP contribution in [0.5, 0.6) is 0 Å². The van der Waals surface area contributed by atoms with Crippen molar-refractivity contribution in [2.24, 2.45) is 0 Å². The van der Waals surface area contributed by atoms with Crippen molar-refractivity contribution in [1.82, 2.24) is 9.55 Å². The van der Waals surface area contributed by atoms with Gasteiger partial charge in [-0.1, -0.05) is 19.1 Å². The molecule has 0 spiro atoms. The second-order valence-corrected chi connectivity index (χ2v) is 5.21. The molecule has 0 saturated carbocycles. The average Bonchev–Trinajstić information content (AvgIpc) is 2.64. The minimum absolute atomic E-state index is 0.213. The fourth-order valence-corrected chi connectivity index (χ4v) is 2.94. The number of nitrogens with zero attached hydrogens (tertiary/aromatic N) is 2. The molecular formula is C13H16N2. The van der Waals surface area contributed by atoms with Gasteiger partial charge in [-0.15, -0.1) is 0 Å². The number of hydrogen-bond donors (Lipinski definition) is 0. The SMILES string of the molecule is CC1CC(C)(C)n2c1nc1ccccc12. The zero-order valence-electron chi connectivity index (χ0n) is 9.49. The van der Waals surface area contributed by atoms with E-state index in [0.29, 0.717) is 5.92 Å². The minimum Gasteiger partial charge on any atom is -0.322 e. The van der Waals surface area contributed by atoms with E-state index in [1.165, 1.54) is 17.8 Å². The molecule has 0 fully saturated rings. The molecule has 2 nitrogen and oxygen atoms in total. The molecule has 2 heterocycles. The van der Waals surface area contributed by atoms with Gasteiger partial charge in [-0.2, -0.15) is 0 Å². The lowest BCUT2D eigenvalue weighted by Gasteiger charge is -2.21. The van der Waals surface area contributed by atoms with Gasteiger partial charge in [0, 0.05) is 11.5 Å². The van der Waals surface area contributed by atoms with Crippen molar-refractivity contribution in [3.8, 4) is 0 Å². The number of imidazole rings is 1. The maximum atomic E-state index is 4.73. The lowest BCUT2D eigenvalue weighted by molar-refractivity contribution is 0.376. The highest BCUT2D eigenvalue weighted by Crippen LogP contribution is 2.41. The average molecular weight is 200 g/mol. The van der Waals surface area contributed by atoms with Crippen LogP contribution in [0.4, 0.5) is 0 Å². The monoisotopic (exact) mass is 200 g/mol. The highest BCUT2D eigenvalue weighted by Gasteiger charge is 2.36. The van der Waals surface area contributed by atoms with Crippen molar-refractivity contribution in [2.45, 2.75) is 38.6 Å². The van der Waals surface area contributed by atoms with Gasteiger partial charge in [-0.05, 0) is 32.4 Å². The maximum Gasteiger partial charge on any atom is 0.113 e. The largest absolute Gasteiger partial charge is 0.322 e. The molecule has 0 N–H and O–H groups in total. The van der Waals surface area contributed by atoms with Gasteiger partial charge in [-0.25, -0.2) is 4.98 Å². The first kappa shape index (κ1) is 8.96. The van der Waals surface area contributed by atoms with Gasteiger partial charge in [0.15, 0.2) is 0 Å². The van der Waals surface area contributed by atoms with Gasteiger partial charge in [0.25, 0.3) is 0 Å². The second kappa shape index (κ2) is 2.63. The summed E-state index contributed by atoms with van der Waals surface area (Å²) in [5.41, 5.74) is 2.62. The first-order chi connectivity index (χ1) is 7.09. The maximum absolute atomic E-state index is 4.73. The van der Waals surface area contributed by atoms with Crippen LogP contribution < -0.4 is 0 Å². The first-order valence-electron chi connectivity index (χ1n) is 5.57. The minimum atomic E-state index is 0.213. The molecule has 1 unspecified atom stereocenters. The van der Waals surface area contributed by atoms with E-state index in [1.807, 2.05) is 0 Å². The Hall–Kier alpha value is -1.31. The predicted octanol–water partition coefficient (Wildman–Crippen LogP) is 3.28. The smallest absolute Gasteiger partial charge is 0.113 e. The van der Waals surface area contributed by atoms with Gasteiger partial charge in [0.1, 0.15) is 5.82 Å². The molecule has 15 heavy (non-hydrogen) atoms. The van der Waals surface area contributed by atoms with Gasteiger partial charge in [0.05, 0.1) is 11.0 Å². The number of hydrogen-bond acceptors (Lipinski definition) is 1. The molecule has 0 saturated heterocycles. The van der Waals surface area contributed by atoms with E-state index in [1.54, 1.807) is 0 Å². The van der Waals surface area contributed by atoms with Gasteiger partial charge >= 0.3 is 0 Å². The van der Waals surface area contributed by atoms with Crippen molar-refractivity contribution >= 4 is 11.0 Å². The highest BCUT2D eigenvalue weighted by molar-refractivity contribution is 5.76. The van der Waals surface area contributed by atoms with E-state index in [9.17, 15) is 0 Å². The summed E-state index contributed by atoms with van der Waals surface area (Å²) in [6.45, 7) is 6.87. The summed E-state index contributed by atoms with van der Waals surface area (Å²) in [6.07, 6.45) is 1.19. The van der Waals surface area contributed by atoms with Crippen LogP contribution >= 0.6 is 0 Å². The third-order valence-electron chi connectivity index (χ3n) is 3.44. The van der Waals surface area contributed by atoms with E-state index in [2.05, 4.69) is 49.6 Å². The molecule has 3 rings (SSSR count). The lowest BCUT2D eigenvalue weighted by atomic mass is 9.96. The third-order valence-corrected chi connectivity index (χ3v) is 3.44. The van der Waals surface area contributed by atoms with E-state index < -0.39 is 0 Å². The summed E-state index contributed by atoms with van der Waals surface area (Å²) in [6, 6.07) is 8.42. The normalized spacial score (nSPS) is 23.3. The zero-order chi connectivity index (χ0) is 10.6. The van der Waals surface area contributed by atoms with Crippen LogP contribution in [-0.4, -0.2) is 9.55 Å². The first-order valence-corrected chi connectivity index (χ1v) is 5.57. The third kappa shape index (κ3) is 1.08. The molecule has 0 radical (unpaired) electrons. The van der Waals surface area contributed by atoms with Crippen LogP contribution in [-0.2, 0) is 5.54 Å². The molecule has 2 aromatic rings. The summed E-state index contributed by atoms with van der Waals surface area (Å²) < 4.78 is 2.41. The Morgan fingerprint density at radius 1 is 1.33 bits per heavy atom. The second-order valence-electron chi connectivity index (χ2n) is 5.21. The lowest BCUT2D eigenvalue weighted by Crippen LogP contribution is -2.20.